The van der Waals surface area contributed by atoms with Gasteiger partial charge in [0.1, 0.15) is 11.9 Å². The number of carbonyl (C=O) groups is 2. The van der Waals surface area contributed by atoms with Gasteiger partial charge in [-0.05, 0) is 6.92 Å². The Bertz CT molecular complexity index is 634. The molecule has 0 bridgehead atoms. The number of aryl methyl sites for hydroxylation is 1. The van der Waals surface area contributed by atoms with E-state index in [1.165, 1.54) is 20.0 Å². The Hall–Kier alpha value is -2.27. The molecular weight excluding hydrogens is 360 g/mol. The molecule has 1 heterocycles. The molecule has 154 valence electrons. The van der Waals surface area contributed by atoms with Crippen molar-refractivity contribution in [3.8, 4) is 5.75 Å². The smallest absolute Gasteiger partial charge is 0.305 e. The maximum Gasteiger partial charge on any atom is 0.305 e. The first-order valence-corrected chi connectivity index (χ1v) is 8.18. The average molecular weight is 388 g/mol. The molecule has 0 fully saturated rings. The van der Waals surface area contributed by atoms with Gasteiger partial charge in [-0.25, -0.2) is 0 Å². The molecule has 10 heteroatoms. The molecule has 0 aromatic carbocycles. The number of aromatic hydroxyl groups is 1. The minimum absolute atomic E-state index is 0.0350. The third-order valence-electron chi connectivity index (χ3n) is 3.79. The molecule has 27 heavy (non-hydrogen) atoms. The third-order valence-corrected chi connectivity index (χ3v) is 3.79. The quantitative estimate of drug-likeness (QED) is 0.295. The van der Waals surface area contributed by atoms with Gasteiger partial charge in [0.05, 0.1) is 31.9 Å². The van der Waals surface area contributed by atoms with E-state index in [9.17, 15) is 19.8 Å². The van der Waals surface area contributed by atoms with Crippen LogP contribution in [0.1, 0.15) is 37.1 Å². The number of aliphatic hydroxyl groups excluding tert-OH is 4. The van der Waals surface area contributed by atoms with Crippen LogP contribution in [0, 0.1) is 12.3 Å². The van der Waals surface area contributed by atoms with Crippen LogP contribution < -0.4 is 5.32 Å². The van der Waals surface area contributed by atoms with Crippen molar-refractivity contribution in [1.29, 1.82) is 0 Å². The van der Waals surface area contributed by atoms with Gasteiger partial charge in [0.15, 0.2) is 0 Å². The summed E-state index contributed by atoms with van der Waals surface area (Å²) in [4.78, 5) is 25.3. The number of carboxylic acid groups (broad SMARTS) is 1. The number of amides is 1. The highest BCUT2D eigenvalue weighted by atomic mass is 16.4. The largest absolute Gasteiger partial charge is 0.506 e. The predicted molar refractivity (Wildman–Crippen MR) is 94.6 cm³/mol. The summed E-state index contributed by atoms with van der Waals surface area (Å²) in [5, 5.41) is 56.0. The number of aliphatic carboxylic acids is 1. The minimum Gasteiger partial charge on any atom is -0.506 e. The van der Waals surface area contributed by atoms with Gasteiger partial charge in [0.2, 0.25) is 5.91 Å². The zero-order valence-corrected chi connectivity index (χ0v) is 15.6. The first kappa shape index (κ1) is 24.7. The highest BCUT2D eigenvalue weighted by Gasteiger charge is 2.32. The highest BCUT2D eigenvalue weighted by Crippen LogP contribution is 2.23. The molecule has 1 amide bonds. The molecule has 0 saturated heterocycles. The summed E-state index contributed by atoms with van der Waals surface area (Å²) in [6.07, 6.45) is -0.102. The molecule has 1 aromatic heterocycles. The summed E-state index contributed by atoms with van der Waals surface area (Å²) >= 11 is 0. The van der Waals surface area contributed by atoms with E-state index < -0.39 is 23.4 Å². The van der Waals surface area contributed by atoms with Crippen molar-refractivity contribution in [3.63, 3.8) is 0 Å². The summed E-state index contributed by atoms with van der Waals surface area (Å²) in [5.74, 6) is -1.73. The number of nitrogens with zero attached hydrogens (tertiary/aromatic N) is 1. The summed E-state index contributed by atoms with van der Waals surface area (Å²) in [6.45, 7) is 3.83. The van der Waals surface area contributed by atoms with Crippen LogP contribution in [0.4, 0.5) is 0 Å². The second-order valence-corrected chi connectivity index (χ2v) is 6.50. The van der Waals surface area contributed by atoms with Crippen molar-refractivity contribution in [3.05, 3.63) is 23.0 Å². The fourth-order valence-corrected chi connectivity index (χ4v) is 1.83. The van der Waals surface area contributed by atoms with Crippen LogP contribution in [0.15, 0.2) is 6.20 Å². The van der Waals surface area contributed by atoms with E-state index in [-0.39, 0.29) is 38.5 Å². The molecule has 0 spiro atoms. The first-order valence-electron chi connectivity index (χ1n) is 8.18. The molecule has 7 N–H and O–H groups in total. The van der Waals surface area contributed by atoms with E-state index in [0.29, 0.717) is 16.8 Å². The van der Waals surface area contributed by atoms with E-state index >= 15 is 0 Å². The van der Waals surface area contributed by atoms with Gasteiger partial charge in [-0.3, -0.25) is 14.6 Å². The van der Waals surface area contributed by atoms with Crippen LogP contribution in [0.5, 0.6) is 5.75 Å². The van der Waals surface area contributed by atoms with Crippen molar-refractivity contribution in [2.45, 2.75) is 46.5 Å². The SMILES string of the molecule is CC(C)(CO)[C@H](O)C(=O)NCCC(=O)O.Cc1ncc(CO)c(CO)c1O. The number of aliphatic hydroxyl groups is 4. The zero-order chi connectivity index (χ0) is 21.2. The normalized spacial score (nSPS) is 12.0. The fourth-order valence-electron chi connectivity index (χ4n) is 1.83. The fraction of sp³-hybridized carbons (Fsp3) is 0.588. The van der Waals surface area contributed by atoms with E-state index in [4.69, 9.17) is 20.4 Å². The van der Waals surface area contributed by atoms with Crippen molar-refractivity contribution in [2.24, 2.45) is 5.41 Å². The lowest BCUT2D eigenvalue weighted by Gasteiger charge is -2.26. The van der Waals surface area contributed by atoms with Crippen molar-refractivity contribution in [2.75, 3.05) is 13.2 Å². The van der Waals surface area contributed by atoms with Crippen LogP contribution >= 0.6 is 0 Å². The first-order chi connectivity index (χ1) is 12.5. The standard InChI is InChI=1S/C9H17NO5.C8H11NO3/c1-9(2,5-11)7(14)8(15)10-4-3-6(12)13;1-5-8(12)7(4-11)6(3-10)2-9-5/h7,11,14H,3-5H2,1-2H3,(H,10,15)(H,12,13);2,10-12H,3-4H2,1H3/t7-;/m1./s1. The highest BCUT2D eigenvalue weighted by molar-refractivity contribution is 5.81. The second kappa shape index (κ2) is 11.4. The van der Waals surface area contributed by atoms with Crippen LogP contribution in [-0.2, 0) is 22.8 Å². The second-order valence-electron chi connectivity index (χ2n) is 6.50. The van der Waals surface area contributed by atoms with E-state index in [1.807, 2.05) is 0 Å². The van der Waals surface area contributed by atoms with Gasteiger partial charge in [0, 0.05) is 29.3 Å². The van der Waals surface area contributed by atoms with Gasteiger partial charge >= 0.3 is 5.97 Å². The van der Waals surface area contributed by atoms with Gasteiger partial charge in [0.25, 0.3) is 0 Å². The van der Waals surface area contributed by atoms with Gasteiger partial charge < -0.3 is 36.0 Å². The molecule has 0 aliphatic rings. The summed E-state index contributed by atoms with van der Waals surface area (Å²) in [5.41, 5.74) is 0.328. The van der Waals surface area contributed by atoms with E-state index in [2.05, 4.69) is 10.3 Å². The van der Waals surface area contributed by atoms with Crippen LogP contribution in [0.3, 0.4) is 0 Å². The Balaban J connectivity index is 0.000000511. The van der Waals surface area contributed by atoms with Crippen LogP contribution in [0.2, 0.25) is 0 Å². The lowest BCUT2D eigenvalue weighted by molar-refractivity contribution is -0.138. The average Bonchev–Trinajstić information content (AvgIpc) is 2.63. The predicted octanol–water partition coefficient (Wildman–Crippen LogP) is -0.963. The Morgan fingerprint density at radius 3 is 2.26 bits per heavy atom. The van der Waals surface area contributed by atoms with Crippen molar-refractivity contribution in [1.82, 2.24) is 10.3 Å². The topological polar surface area (TPSA) is 180 Å². The van der Waals surface area contributed by atoms with Crippen molar-refractivity contribution >= 4 is 11.9 Å². The Kier molecular flexibility index (Phi) is 10.5. The molecule has 1 atom stereocenters. The summed E-state index contributed by atoms with van der Waals surface area (Å²) in [6, 6.07) is 0. The Morgan fingerprint density at radius 1 is 1.22 bits per heavy atom. The number of hydrogen-bond acceptors (Lipinski definition) is 8. The molecule has 0 saturated carbocycles. The molecule has 10 nitrogen and oxygen atoms in total. The van der Waals surface area contributed by atoms with Crippen LogP contribution in [0.25, 0.3) is 0 Å². The van der Waals surface area contributed by atoms with E-state index in [0.717, 1.165) is 0 Å². The summed E-state index contributed by atoms with van der Waals surface area (Å²) < 4.78 is 0. The van der Waals surface area contributed by atoms with Gasteiger partial charge in [-0.15, -0.1) is 0 Å². The number of rotatable bonds is 8. The van der Waals surface area contributed by atoms with Crippen molar-refractivity contribution < 1.29 is 40.2 Å². The number of carbonyl (C=O) groups excluding carboxylic acids is 1. The Labute approximate surface area is 157 Å². The number of hydrogen-bond donors (Lipinski definition) is 7. The van der Waals surface area contributed by atoms with Gasteiger partial charge in [-0.1, -0.05) is 13.8 Å². The van der Waals surface area contributed by atoms with Gasteiger partial charge in [-0.2, -0.15) is 0 Å². The molecule has 1 rings (SSSR count). The molecule has 0 radical (unpaired) electrons. The Morgan fingerprint density at radius 2 is 1.81 bits per heavy atom. The molecule has 0 aliphatic carbocycles. The lowest BCUT2D eigenvalue weighted by Crippen LogP contribution is -2.45. The third kappa shape index (κ3) is 7.87. The summed E-state index contributed by atoms with van der Waals surface area (Å²) in [7, 11) is 0. The molecule has 0 aliphatic heterocycles. The maximum absolute atomic E-state index is 11.3. The number of nitrogens with one attached hydrogen (secondary N) is 1. The molecule has 1 aromatic rings. The van der Waals surface area contributed by atoms with Crippen LogP contribution in [-0.4, -0.2) is 66.8 Å². The number of aromatic nitrogens is 1. The maximum atomic E-state index is 11.3. The zero-order valence-electron chi connectivity index (χ0n) is 15.6. The lowest BCUT2D eigenvalue weighted by atomic mass is 9.87. The number of pyridine rings is 1. The molecular formula is C17H28N2O8. The molecule has 0 unspecified atom stereocenters. The minimum atomic E-state index is -1.35. The monoisotopic (exact) mass is 388 g/mol. The van der Waals surface area contributed by atoms with E-state index in [1.54, 1.807) is 6.92 Å². The number of carboxylic acids is 1.